The van der Waals surface area contributed by atoms with Crippen molar-refractivity contribution in [3.8, 4) is 0 Å². The van der Waals surface area contributed by atoms with Gasteiger partial charge in [-0.3, -0.25) is 4.79 Å². The second-order valence-corrected chi connectivity index (χ2v) is 5.46. The summed E-state index contributed by atoms with van der Waals surface area (Å²) in [6.45, 7) is 0. The van der Waals surface area contributed by atoms with Crippen LogP contribution in [0.3, 0.4) is 0 Å². The number of unbranched alkanes of at least 4 members (excludes halogenated alkanes) is 1. The molecule has 0 heterocycles. The molecule has 2 N–H and O–H groups in total. The van der Waals surface area contributed by atoms with Gasteiger partial charge in [0, 0.05) is 33.1 Å². The average molecular weight is 325 g/mol. The van der Waals surface area contributed by atoms with Gasteiger partial charge in [0.25, 0.3) is 0 Å². The standard InChI is InChI=1S/C13H16Cl3NO2/c1-19-12(18)5-3-2-4-11(17)13-9(15)6-8(14)7-10(13)16/h6-7,11H,2-5,17H2,1H3. The Bertz CT molecular complexity index is 429. The lowest BCUT2D eigenvalue weighted by Crippen LogP contribution is -2.12. The fourth-order valence-electron chi connectivity index (χ4n) is 1.79. The molecule has 1 aromatic rings. The number of hydrogen-bond donors (Lipinski definition) is 1. The van der Waals surface area contributed by atoms with Crippen LogP contribution in [-0.2, 0) is 9.53 Å². The molecule has 1 atom stereocenters. The van der Waals surface area contributed by atoms with E-state index in [1.54, 1.807) is 12.1 Å². The number of carbonyl (C=O) groups excluding carboxylic acids is 1. The second kappa shape index (κ2) is 7.95. The minimum atomic E-state index is -0.269. The SMILES string of the molecule is COC(=O)CCCCC(N)c1c(Cl)cc(Cl)cc1Cl. The van der Waals surface area contributed by atoms with Crippen molar-refractivity contribution in [1.82, 2.24) is 0 Å². The number of ether oxygens (including phenoxy) is 1. The van der Waals surface area contributed by atoms with E-state index in [0.717, 1.165) is 12.8 Å². The third kappa shape index (κ3) is 5.19. The highest BCUT2D eigenvalue weighted by Crippen LogP contribution is 2.34. The molecule has 106 valence electrons. The zero-order valence-electron chi connectivity index (χ0n) is 10.6. The maximum atomic E-state index is 11.0. The van der Waals surface area contributed by atoms with Gasteiger partial charge in [-0.25, -0.2) is 0 Å². The van der Waals surface area contributed by atoms with Crippen molar-refractivity contribution in [2.75, 3.05) is 7.11 Å². The molecular weight excluding hydrogens is 309 g/mol. The molecule has 0 saturated heterocycles. The predicted octanol–water partition coefficient (Wildman–Crippen LogP) is 4.38. The van der Waals surface area contributed by atoms with E-state index in [-0.39, 0.29) is 12.0 Å². The van der Waals surface area contributed by atoms with Crippen LogP contribution in [0.1, 0.15) is 37.3 Å². The van der Waals surface area contributed by atoms with Crippen molar-refractivity contribution in [3.63, 3.8) is 0 Å². The number of nitrogens with two attached hydrogens (primary N) is 1. The summed E-state index contributed by atoms with van der Waals surface area (Å²) in [5, 5.41) is 1.42. The highest BCUT2D eigenvalue weighted by molar-refractivity contribution is 6.39. The minimum Gasteiger partial charge on any atom is -0.469 e. The first-order chi connectivity index (χ1) is 8.95. The van der Waals surface area contributed by atoms with Crippen LogP contribution >= 0.6 is 34.8 Å². The molecule has 0 aliphatic carbocycles. The van der Waals surface area contributed by atoms with E-state index in [1.165, 1.54) is 7.11 Å². The van der Waals surface area contributed by atoms with E-state index in [4.69, 9.17) is 40.5 Å². The van der Waals surface area contributed by atoms with E-state index < -0.39 is 0 Å². The Hall–Kier alpha value is -0.480. The summed E-state index contributed by atoms with van der Waals surface area (Å²) < 4.78 is 4.57. The Morgan fingerprint density at radius 3 is 2.37 bits per heavy atom. The van der Waals surface area contributed by atoms with Gasteiger partial charge in [-0.05, 0) is 25.0 Å². The zero-order chi connectivity index (χ0) is 14.4. The molecule has 0 amide bonds. The van der Waals surface area contributed by atoms with Crippen molar-refractivity contribution in [2.45, 2.75) is 31.7 Å². The van der Waals surface area contributed by atoms with Crippen LogP contribution in [0.2, 0.25) is 15.1 Å². The van der Waals surface area contributed by atoms with Gasteiger partial charge in [0.05, 0.1) is 7.11 Å². The zero-order valence-corrected chi connectivity index (χ0v) is 12.9. The number of carbonyl (C=O) groups is 1. The maximum absolute atomic E-state index is 11.0. The van der Waals surface area contributed by atoms with Gasteiger partial charge >= 0.3 is 5.97 Å². The molecule has 0 spiro atoms. The number of halogens is 3. The fourth-order valence-corrected chi connectivity index (χ4v) is 2.88. The van der Waals surface area contributed by atoms with Gasteiger partial charge in [-0.2, -0.15) is 0 Å². The molecule has 0 aromatic heterocycles. The van der Waals surface area contributed by atoms with E-state index in [9.17, 15) is 4.79 Å². The van der Waals surface area contributed by atoms with Gasteiger partial charge in [0.1, 0.15) is 0 Å². The number of methoxy groups -OCH3 is 1. The summed E-state index contributed by atoms with van der Waals surface area (Å²) in [7, 11) is 1.38. The molecule has 0 saturated carbocycles. The average Bonchev–Trinajstić information content (AvgIpc) is 2.33. The van der Waals surface area contributed by atoms with Crippen LogP contribution in [0.25, 0.3) is 0 Å². The van der Waals surface area contributed by atoms with Crippen molar-refractivity contribution in [3.05, 3.63) is 32.8 Å². The Balaban J connectivity index is 2.54. The largest absolute Gasteiger partial charge is 0.469 e. The first-order valence-electron chi connectivity index (χ1n) is 5.92. The molecule has 0 bridgehead atoms. The van der Waals surface area contributed by atoms with E-state index >= 15 is 0 Å². The summed E-state index contributed by atoms with van der Waals surface area (Å²) in [4.78, 5) is 11.0. The number of rotatable bonds is 6. The molecule has 0 aliphatic heterocycles. The van der Waals surface area contributed by atoms with Crippen LogP contribution in [0.4, 0.5) is 0 Å². The molecule has 19 heavy (non-hydrogen) atoms. The van der Waals surface area contributed by atoms with Crippen molar-refractivity contribution in [1.29, 1.82) is 0 Å². The van der Waals surface area contributed by atoms with Crippen LogP contribution < -0.4 is 5.73 Å². The molecule has 1 aromatic carbocycles. The van der Waals surface area contributed by atoms with Crippen LogP contribution in [0.15, 0.2) is 12.1 Å². The van der Waals surface area contributed by atoms with Crippen molar-refractivity contribution < 1.29 is 9.53 Å². The molecule has 1 rings (SSSR count). The van der Waals surface area contributed by atoms with Crippen molar-refractivity contribution >= 4 is 40.8 Å². The van der Waals surface area contributed by atoms with E-state index in [0.29, 0.717) is 33.5 Å². The Morgan fingerprint density at radius 1 is 1.26 bits per heavy atom. The highest BCUT2D eigenvalue weighted by atomic mass is 35.5. The predicted molar refractivity (Wildman–Crippen MR) is 78.9 cm³/mol. The normalized spacial score (nSPS) is 12.3. The topological polar surface area (TPSA) is 52.3 Å². The first-order valence-corrected chi connectivity index (χ1v) is 7.06. The monoisotopic (exact) mass is 323 g/mol. The summed E-state index contributed by atoms with van der Waals surface area (Å²) in [5.41, 5.74) is 6.77. The van der Waals surface area contributed by atoms with Crippen LogP contribution in [-0.4, -0.2) is 13.1 Å². The molecular formula is C13H16Cl3NO2. The summed E-state index contributed by atoms with van der Waals surface area (Å²) in [6, 6.07) is 2.98. The van der Waals surface area contributed by atoms with E-state index in [1.807, 2.05) is 0 Å². The lowest BCUT2D eigenvalue weighted by molar-refractivity contribution is -0.140. The second-order valence-electron chi connectivity index (χ2n) is 4.21. The smallest absolute Gasteiger partial charge is 0.305 e. The summed E-state index contributed by atoms with van der Waals surface area (Å²) in [6.07, 6.45) is 2.61. The summed E-state index contributed by atoms with van der Waals surface area (Å²) in [5.74, 6) is -0.212. The highest BCUT2D eigenvalue weighted by Gasteiger charge is 2.15. The molecule has 0 radical (unpaired) electrons. The molecule has 0 fully saturated rings. The molecule has 0 aliphatic rings. The van der Waals surface area contributed by atoms with Gasteiger partial charge < -0.3 is 10.5 Å². The Morgan fingerprint density at radius 2 is 1.84 bits per heavy atom. The third-order valence-corrected chi connectivity index (χ3v) is 3.63. The number of hydrogen-bond acceptors (Lipinski definition) is 3. The van der Waals surface area contributed by atoms with Gasteiger partial charge in [0.15, 0.2) is 0 Å². The van der Waals surface area contributed by atoms with Crippen molar-refractivity contribution in [2.24, 2.45) is 5.73 Å². The number of esters is 1. The van der Waals surface area contributed by atoms with E-state index in [2.05, 4.69) is 4.74 Å². The van der Waals surface area contributed by atoms with Crippen LogP contribution in [0.5, 0.6) is 0 Å². The van der Waals surface area contributed by atoms with Gasteiger partial charge in [-0.15, -0.1) is 0 Å². The lowest BCUT2D eigenvalue weighted by Gasteiger charge is -2.15. The maximum Gasteiger partial charge on any atom is 0.305 e. The lowest BCUT2D eigenvalue weighted by atomic mass is 10.0. The Kier molecular flexibility index (Phi) is 6.94. The third-order valence-electron chi connectivity index (χ3n) is 2.79. The quantitative estimate of drug-likeness (QED) is 0.624. The Labute approximate surface area is 128 Å². The first kappa shape index (κ1) is 16.6. The minimum absolute atomic E-state index is 0.212. The molecule has 1 unspecified atom stereocenters. The summed E-state index contributed by atoms with van der Waals surface area (Å²) >= 11 is 18.0. The molecule has 6 heteroatoms. The fraction of sp³-hybridized carbons (Fsp3) is 0.462. The molecule has 3 nitrogen and oxygen atoms in total. The van der Waals surface area contributed by atoms with Crippen LogP contribution in [0, 0.1) is 0 Å². The van der Waals surface area contributed by atoms with Gasteiger partial charge in [-0.1, -0.05) is 41.2 Å². The number of benzene rings is 1. The van der Waals surface area contributed by atoms with Gasteiger partial charge in [0.2, 0.25) is 0 Å².